The molecular weight excluding hydrogens is 333 g/mol. The maximum Gasteiger partial charge on any atom is 0.422 e. The monoisotopic (exact) mass is 352 g/mol. The Hall–Kier alpha value is -1.47. The number of carbonyl (C=O) groups excluding carboxylic acids is 1. The number of para-hydroxylation sites is 2. The Kier molecular flexibility index (Phi) is 7.64. The first-order valence-electron chi connectivity index (χ1n) is 7.26. The van der Waals surface area contributed by atoms with Crippen molar-refractivity contribution in [1.29, 1.82) is 0 Å². The number of hydrogen-bond donors (Lipinski definition) is 2. The highest BCUT2D eigenvalue weighted by Gasteiger charge is 2.28. The van der Waals surface area contributed by atoms with E-state index >= 15 is 0 Å². The van der Waals surface area contributed by atoms with Gasteiger partial charge in [-0.25, -0.2) is 0 Å². The number of nitrogens with one attached hydrogen (secondary N) is 2. The van der Waals surface area contributed by atoms with Crippen molar-refractivity contribution in [3.8, 4) is 5.75 Å². The second-order valence-corrected chi connectivity index (χ2v) is 5.28. The number of carbonyl (C=O) groups is 1. The van der Waals surface area contributed by atoms with Crippen LogP contribution < -0.4 is 15.4 Å². The Morgan fingerprint density at radius 1 is 1.35 bits per heavy atom. The Morgan fingerprint density at radius 3 is 2.74 bits per heavy atom. The highest BCUT2D eigenvalue weighted by atomic mass is 35.5. The molecule has 2 rings (SSSR count). The molecule has 1 heterocycles. The molecule has 0 radical (unpaired) electrons. The van der Waals surface area contributed by atoms with Crippen LogP contribution in [0.4, 0.5) is 18.9 Å². The predicted octanol–water partition coefficient (Wildman–Crippen LogP) is 3.52. The van der Waals surface area contributed by atoms with E-state index < -0.39 is 12.8 Å². The molecule has 1 atom stereocenters. The van der Waals surface area contributed by atoms with Gasteiger partial charge in [0.15, 0.2) is 6.61 Å². The number of amides is 1. The van der Waals surface area contributed by atoms with Crippen LogP contribution in [0.15, 0.2) is 24.3 Å². The average Bonchev–Trinajstić information content (AvgIpc) is 2.97. The van der Waals surface area contributed by atoms with Crippen LogP contribution in [0.5, 0.6) is 5.75 Å². The third-order valence-corrected chi connectivity index (χ3v) is 3.43. The van der Waals surface area contributed by atoms with Gasteiger partial charge in [0.1, 0.15) is 5.75 Å². The van der Waals surface area contributed by atoms with Gasteiger partial charge < -0.3 is 15.4 Å². The van der Waals surface area contributed by atoms with Gasteiger partial charge in [-0.3, -0.25) is 4.79 Å². The highest BCUT2D eigenvalue weighted by Crippen LogP contribution is 2.26. The predicted molar refractivity (Wildman–Crippen MR) is 84.1 cm³/mol. The molecule has 1 aliphatic rings. The molecule has 1 amide bonds. The van der Waals surface area contributed by atoms with Gasteiger partial charge in [0.05, 0.1) is 5.69 Å². The van der Waals surface area contributed by atoms with Gasteiger partial charge in [-0.15, -0.1) is 12.4 Å². The van der Waals surface area contributed by atoms with Crippen molar-refractivity contribution < 1.29 is 22.7 Å². The Labute approximate surface area is 139 Å². The largest absolute Gasteiger partial charge is 0.482 e. The quantitative estimate of drug-likeness (QED) is 0.823. The lowest BCUT2D eigenvalue weighted by atomic mass is 10.1. The zero-order valence-electron chi connectivity index (χ0n) is 12.5. The van der Waals surface area contributed by atoms with Crippen molar-refractivity contribution in [2.24, 2.45) is 0 Å². The molecule has 130 valence electrons. The van der Waals surface area contributed by atoms with Crippen LogP contribution in [-0.4, -0.2) is 31.3 Å². The second-order valence-electron chi connectivity index (χ2n) is 5.28. The zero-order chi connectivity index (χ0) is 16.0. The molecule has 0 spiro atoms. The van der Waals surface area contributed by atoms with E-state index in [4.69, 9.17) is 4.74 Å². The van der Waals surface area contributed by atoms with E-state index in [1.54, 1.807) is 12.1 Å². The third-order valence-electron chi connectivity index (χ3n) is 3.43. The number of halogens is 4. The van der Waals surface area contributed by atoms with Gasteiger partial charge >= 0.3 is 6.18 Å². The normalized spacial score (nSPS) is 17.4. The summed E-state index contributed by atoms with van der Waals surface area (Å²) in [7, 11) is 0. The lowest BCUT2D eigenvalue weighted by Crippen LogP contribution is -2.24. The Morgan fingerprint density at radius 2 is 2.09 bits per heavy atom. The van der Waals surface area contributed by atoms with Crippen LogP contribution >= 0.6 is 12.4 Å². The van der Waals surface area contributed by atoms with Gasteiger partial charge in [0.25, 0.3) is 0 Å². The molecule has 8 heteroatoms. The molecule has 0 aliphatic carbocycles. The van der Waals surface area contributed by atoms with Gasteiger partial charge in [-0.2, -0.15) is 13.2 Å². The molecule has 0 saturated carbocycles. The van der Waals surface area contributed by atoms with Crippen LogP contribution in [0.25, 0.3) is 0 Å². The SMILES string of the molecule is Cl.O=C(CCC1CCCN1)Nc1ccccc1OCC(F)(F)F. The fourth-order valence-corrected chi connectivity index (χ4v) is 2.38. The van der Waals surface area contributed by atoms with Gasteiger partial charge in [0.2, 0.25) is 5.91 Å². The van der Waals surface area contributed by atoms with Crippen LogP contribution in [0.3, 0.4) is 0 Å². The molecule has 1 aromatic rings. The number of hydrogen-bond acceptors (Lipinski definition) is 3. The van der Waals surface area contributed by atoms with Crippen molar-refractivity contribution in [2.45, 2.75) is 37.9 Å². The Bertz CT molecular complexity index is 506. The van der Waals surface area contributed by atoms with Gasteiger partial charge in [-0.1, -0.05) is 12.1 Å². The number of benzene rings is 1. The lowest BCUT2D eigenvalue weighted by Gasteiger charge is -2.14. The first-order valence-corrected chi connectivity index (χ1v) is 7.26. The molecule has 4 nitrogen and oxygen atoms in total. The third kappa shape index (κ3) is 7.09. The summed E-state index contributed by atoms with van der Waals surface area (Å²) < 4.78 is 41.4. The molecule has 1 aromatic carbocycles. The summed E-state index contributed by atoms with van der Waals surface area (Å²) >= 11 is 0. The standard InChI is InChI=1S/C15H19F3N2O2.ClH/c16-15(17,18)10-22-13-6-2-1-5-12(13)20-14(21)8-7-11-4-3-9-19-11;/h1-2,5-6,11,19H,3-4,7-10H2,(H,20,21);1H. The summed E-state index contributed by atoms with van der Waals surface area (Å²) in [5.74, 6) is -0.205. The number of alkyl halides is 3. The van der Waals surface area contributed by atoms with E-state index in [0.29, 0.717) is 12.5 Å². The highest BCUT2D eigenvalue weighted by molar-refractivity contribution is 5.92. The minimum atomic E-state index is -4.41. The summed E-state index contributed by atoms with van der Waals surface area (Å²) in [6.07, 6.45) is -1.20. The molecule has 1 fully saturated rings. The minimum absolute atomic E-state index is 0. The average molecular weight is 353 g/mol. The molecule has 0 aromatic heterocycles. The molecule has 1 aliphatic heterocycles. The molecule has 0 bridgehead atoms. The molecule has 2 N–H and O–H groups in total. The van der Waals surface area contributed by atoms with E-state index in [1.807, 2.05) is 0 Å². The molecule has 1 saturated heterocycles. The summed E-state index contributed by atoms with van der Waals surface area (Å²) in [6, 6.07) is 6.47. The minimum Gasteiger partial charge on any atom is -0.482 e. The van der Waals surface area contributed by atoms with E-state index in [0.717, 1.165) is 25.8 Å². The summed E-state index contributed by atoms with van der Waals surface area (Å²) in [5.41, 5.74) is 0.260. The molecule has 23 heavy (non-hydrogen) atoms. The number of rotatable bonds is 6. The topological polar surface area (TPSA) is 50.4 Å². The van der Waals surface area contributed by atoms with Crippen molar-refractivity contribution in [1.82, 2.24) is 5.32 Å². The fraction of sp³-hybridized carbons (Fsp3) is 0.533. The van der Waals surface area contributed by atoms with Gasteiger partial charge in [0, 0.05) is 12.5 Å². The summed E-state index contributed by atoms with van der Waals surface area (Å²) in [6.45, 7) is -0.410. The van der Waals surface area contributed by atoms with Gasteiger partial charge in [-0.05, 0) is 37.9 Å². The smallest absolute Gasteiger partial charge is 0.422 e. The first kappa shape index (κ1) is 19.6. The Balaban J connectivity index is 0.00000264. The molecule has 1 unspecified atom stereocenters. The number of ether oxygens (including phenoxy) is 1. The van der Waals surface area contributed by atoms with Crippen molar-refractivity contribution in [2.75, 3.05) is 18.5 Å². The van der Waals surface area contributed by atoms with Crippen LogP contribution in [0, 0.1) is 0 Å². The lowest BCUT2D eigenvalue weighted by molar-refractivity contribution is -0.153. The number of anilines is 1. The first-order chi connectivity index (χ1) is 10.4. The van der Waals surface area contributed by atoms with Crippen LogP contribution in [-0.2, 0) is 4.79 Å². The fourth-order valence-electron chi connectivity index (χ4n) is 2.38. The zero-order valence-corrected chi connectivity index (χ0v) is 13.3. The van der Waals surface area contributed by atoms with Crippen LogP contribution in [0.2, 0.25) is 0 Å². The summed E-state index contributed by atoms with van der Waals surface area (Å²) in [4.78, 5) is 11.9. The van der Waals surface area contributed by atoms with E-state index in [9.17, 15) is 18.0 Å². The van der Waals surface area contributed by atoms with E-state index in [1.165, 1.54) is 12.1 Å². The second kappa shape index (κ2) is 8.98. The van der Waals surface area contributed by atoms with Crippen molar-refractivity contribution in [3.63, 3.8) is 0 Å². The van der Waals surface area contributed by atoms with E-state index in [2.05, 4.69) is 10.6 Å². The maximum absolute atomic E-state index is 12.2. The van der Waals surface area contributed by atoms with Crippen molar-refractivity contribution in [3.05, 3.63) is 24.3 Å². The maximum atomic E-state index is 12.2. The summed E-state index contributed by atoms with van der Waals surface area (Å²) in [5, 5.41) is 5.91. The van der Waals surface area contributed by atoms with Crippen LogP contribution in [0.1, 0.15) is 25.7 Å². The van der Waals surface area contributed by atoms with E-state index in [-0.39, 0.29) is 29.8 Å². The van der Waals surface area contributed by atoms with Crippen molar-refractivity contribution >= 4 is 24.0 Å². The molecular formula is C15H20ClF3N2O2.